The van der Waals surface area contributed by atoms with Crippen molar-refractivity contribution in [2.75, 3.05) is 5.73 Å². The molecule has 0 saturated carbocycles. The fourth-order valence-electron chi connectivity index (χ4n) is 1.25. The molecule has 1 aromatic heterocycles. The summed E-state index contributed by atoms with van der Waals surface area (Å²) in [4.78, 5) is 0. The first kappa shape index (κ1) is 7.73. The van der Waals surface area contributed by atoms with E-state index >= 15 is 0 Å². The molecule has 0 bridgehead atoms. The molecule has 1 heterocycles. The van der Waals surface area contributed by atoms with Crippen LogP contribution in [-0.4, -0.2) is 9.67 Å². The van der Waals surface area contributed by atoms with E-state index in [4.69, 9.17) is 5.73 Å². The van der Waals surface area contributed by atoms with Crippen molar-refractivity contribution in [1.82, 2.24) is 4.57 Å². The minimum Gasteiger partial charge on any atom is -0.504 e. The molecule has 13 heavy (non-hydrogen) atoms. The van der Waals surface area contributed by atoms with Gasteiger partial charge in [-0.05, 0) is 12.1 Å². The number of para-hydroxylation sites is 1. The van der Waals surface area contributed by atoms with Crippen LogP contribution in [0.15, 0.2) is 42.6 Å². The van der Waals surface area contributed by atoms with E-state index in [0.717, 1.165) is 5.69 Å². The van der Waals surface area contributed by atoms with Gasteiger partial charge < -0.3 is 15.4 Å². The first-order valence-electron chi connectivity index (χ1n) is 4.00. The number of hydrogen-bond acceptors (Lipinski definition) is 2. The molecule has 3 nitrogen and oxygen atoms in total. The van der Waals surface area contributed by atoms with Crippen LogP contribution in [0, 0.1) is 0 Å². The van der Waals surface area contributed by atoms with Gasteiger partial charge in [0.2, 0.25) is 0 Å². The van der Waals surface area contributed by atoms with Gasteiger partial charge in [0.15, 0.2) is 11.6 Å². The Labute approximate surface area is 76.0 Å². The minimum absolute atomic E-state index is 0.115. The van der Waals surface area contributed by atoms with Crippen LogP contribution in [0.2, 0.25) is 0 Å². The maximum Gasteiger partial charge on any atom is 0.157 e. The van der Waals surface area contributed by atoms with Gasteiger partial charge in [-0.25, -0.2) is 0 Å². The summed E-state index contributed by atoms with van der Waals surface area (Å²) in [5.41, 5.74) is 6.59. The van der Waals surface area contributed by atoms with Crippen LogP contribution in [0.3, 0.4) is 0 Å². The first-order chi connectivity index (χ1) is 6.29. The van der Waals surface area contributed by atoms with Gasteiger partial charge in [-0.15, -0.1) is 0 Å². The number of aromatic nitrogens is 1. The highest BCUT2D eigenvalue weighted by Gasteiger charge is 2.03. The molecule has 0 amide bonds. The number of hydrogen-bond donors (Lipinski definition) is 2. The number of nitrogens with zero attached hydrogens (tertiary/aromatic N) is 1. The summed E-state index contributed by atoms with van der Waals surface area (Å²) in [6, 6.07) is 11.2. The van der Waals surface area contributed by atoms with E-state index in [9.17, 15) is 5.11 Å². The van der Waals surface area contributed by atoms with Gasteiger partial charge in [-0.3, -0.25) is 0 Å². The first-order valence-corrected chi connectivity index (χ1v) is 4.00. The Kier molecular flexibility index (Phi) is 1.70. The van der Waals surface area contributed by atoms with Crippen molar-refractivity contribution in [3.8, 4) is 11.4 Å². The van der Waals surface area contributed by atoms with E-state index < -0.39 is 0 Å². The molecule has 3 N–H and O–H groups in total. The fraction of sp³-hybridized carbons (Fsp3) is 0. The van der Waals surface area contributed by atoms with Crippen LogP contribution < -0.4 is 5.73 Å². The van der Waals surface area contributed by atoms with Crippen molar-refractivity contribution in [1.29, 1.82) is 0 Å². The largest absolute Gasteiger partial charge is 0.504 e. The molecule has 0 unspecified atom stereocenters. The lowest BCUT2D eigenvalue weighted by atomic mass is 10.3. The van der Waals surface area contributed by atoms with Crippen molar-refractivity contribution >= 4 is 5.82 Å². The van der Waals surface area contributed by atoms with Crippen LogP contribution >= 0.6 is 0 Å². The Morgan fingerprint density at radius 1 is 1.08 bits per heavy atom. The second-order valence-corrected chi connectivity index (χ2v) is 2.79. The third-order valence-electron chi connectivity index (χ3n) is 1.94. The van der Waals surface area contributed by atoms with Gasteiger partial charge >= 0.3 is 0 Å². The molecule has 3 heteroatoms. The maximum absolute atomic E-state index is 9.26. The summed E-state index contributed by atoms with van der Waals surface area (Å²) in [7, 11) is 0. The molecule has 0 aliphatic rings. The average Bonchev–Trinajstić information content (AvgIpc) is 2.49. The van der Waals surface area contributed by atoms with E-state index in [2.05, 4.69) is 0 Å². The molecule has 0 spiro atoms. The summed E-state index contributed by atoms with van der Waals surface area (Å²) in [5, 5.41) is 9.26. The zero-order chi connectivity index (χ0) is 9.26. The van der Waals surface area contributed by atoms with Crippen LogP contribution in [0.5, 0.6) is 5.75 Å². The summed E-state index contributed by atoms with van der Waals surface area (Å²) in [5.74, 6) is 0.482. The Bertz CT molecular complexity index is 406. The summed E-state index contributed by atoms with van der Waals surface area (Å²) >= 11 is 0. The standard InChI is InChI=1S/C10H10N2O/c11-10-9(13)6-7-12(10)8-4-2-1-3-5-8/h1-7,13H,11H2. The van der Waals surface area contributed by atoms with Crippen molar-refractivity contribution in [2.45, 2.75) is 0 Å². The number of benzene rings is 1. The smallest absolute Gasteiger partial charge is 0.157 e. The van der Waals surface area contributed by atoms with Crippen LogP contribution in [0.1, 0.15) is 0 Å². The quantitative estimate of drug-likeness (QED) is 0.692. The molecular weight excluding hydrogens is 164 g/mol. The lowest BCUT2D eigenvalue weighted by Gasteiger charge is -2.04. The molecular formula is C10H10N2O. The predicted octanol–water partition coefficient (Wildman–Crippen LogP) is 1.77. The lowest BCUT2D eigenvalue weighted by molar-refractivity contribution is 0.478. The zero-order valence-corrected chi connectivity index (χ0v) is 7.01. The normalized spacial score (nSPS) is 10.2. The van der Waals surface area contributed by atoms with Crippen molar-refractivity contribution in [2.24, 2.45) is 0 Å². The van der Waals surface area contributed by atoms with Gasteiger partial charge in [0.25, 0.3) is 0 Å². The Balaban J connectivity index is 2.53. The van der Waals surface area contributed by atoms with Gasteiger partial charge in [0.05, 0.1) is 0 Å². The minimum atomic E-state index is 0.115. The SMILES string of the molecule is Nc1c(O)ccn1-c1ccccc1. The highest BCUT2D eigenvalue weighted by Crippen LogP contribution is 2.23. The number of nitrogens with two attached hydrogens (primary N) is 1. The Morgan fingerprint density at radius 3 is 2.31 bits per heavy atom. The zero-order valence-electron chi connectivity index (χ0n) is 7.01. The molecule has 0 fully saturated rings. The number of rotatable bonds is 1. The van der Waals surface area contributed by atoms with Crippen LogP contribution in [-0.2, 0) is 0 Å². The molecule has 0 saturated heterocycles. The third-order valence-corrected chi connectivity index (χ3v) is 1.94. The Morgan fingerprint density at radius 2 is 1.77 bits per heavy atom. The number of anilines is 1. The van der Waals surface area contributed by atoms with Crippen molar-refractivity contribution in [3.63, 3.8) is 0 Å². The van der Waals surface area contributed by atoms with Crippen molar-refractivity contribution in [3.05, 3.63) is 42.6 Å². The third kappa shape index (κ3) is 1.24. The molecule has 0 aliphatic carbocycles. The molecule has 0 atom stereocenters. The second-order valence-electron chi connectivity index (χ2n) is 2.79. The molecule has 2 aromatic rings. The van der Waals surface area contributed by atoms with E-state index in [1.165, 1.54) is 0 Å². The van der Waals surface area contributed by atoms with Crippen molar-refractivity contribution < 1.29 is 5.11 Å². The molecule has 0 aliphatic heterocycles. The van der Waals surface area contributed by atoms with Gasteiger partial charge in [0, 0.05) is 18.0 Å². The Hall–Kier alpha value is -1.90. The van der Waals surface area contributed by atoms with Gasteiger partial charge in [-0.2, -0.15) is 0 Å². The lowest BCUT2D eigenvalue weighted by Crippen LogP contribution is -1.97. The van der Waals surface area contributed by atoms with E-state index in [0.29, 0.717) is 5.82 Å². The molecule has 2 rings (SSSR count). The van der Waals surface area contributed by atoms with Gasteiger partial charge in [0.1, 0.15) is 0 Å². The second kappa shape index (κ2) is 2.86. The highest BCUT2D eigenvalue weighted by molar-refractivity contribution is 5.53. The molecule has 0 radical (unpaired) electrons. The maximum atomic E-state index is 9.26. The van der Waals surface area contributed by atoms with E-state index in [-0.39, 0.29) is 5.75 Å². The fourth-order valence-corrected chi connectivity index (χ4v) is 1.25. The van der Waals surface area contributed by atoms with E-state index in [1.54, 1.807) is 16.8 Å². The molecule has 66 valence electrons. The van der Waals surface area contributed by atoms with Gasteiger partial charge in [-0.1, -0.05) is 18.2 Å². The summed E-state index contributed by atoms with van der Waals surface area (Å²) in [6.45, 7) is 0. The predicted molar refractivity (Wildman–Crippen MR) is 51.8 cm³/mol. The topological polar surface area (TPSA) is 51.2 Å². The number of aromatic hydroxyl groups is 1. The highest BCUT2D eigenvalue weighted by atomic mass is 16.3. The summed E-state index contributed by atoms with van der Waals surface area (Å²) in [6.07, 6.45) is 1.74. The summed E-state index contributed by atoms with van der Waals surface area (Å²) < 4.78 is 1.73. The monoisotopic (exact) mass is 174 g/mol. The number of nitrogen functional groups attached to an aromatic ring is 1. The van der Waals surface area contributed by atoms with Crippen LogP contribution in [0.25, 0.3) is 5.69 Å². The van der Waals surface area contributed by atoms with Crippen LogP contribution in [0.4, 0.5) is 5.82 Å². The average molecular weight is 174 g/mol. The van der Waals surface area contributed by atoms with E-state index in [1.807, 2.05) is 30.3 Å². The molecule has 1 aromatic carbocycles.